The number of nitrogens with two attached hydrogens (primary N) is 1. The van der Waals surface area contributed by atoms with Gasteiger partial charge in [-0.15, -0.1) is 0 Å². The van der Waals surface area contributed by atoms with E-state index >= 15 is 0 Å². The highest BCUT2D eigenvalue weighted by atomic mass is 32.2. The molecule has 80 valence electrons. The molecular formula is C8H20N2O2S. The van der Waals surface area contributed by atoms with E-state index in [4.69, 9.17) is 5.14 Å². The third kappa shape index (κ3) is 6.98. The van der Waals surface area contributed by atoms with Crippen LogP contribution in [0.5, 0.6) is 0 Å². The molecule has 0 amide bonds. The van der Waals surface area contributed by atoms with Crippen LogP contribution in [0.2, 0.25) is 0 Å². The number of hydrogen-bond acceptors (Lipinski definition) is 3. The summed E-state index contributed by atoms with van der Waals surface area (Å²) < 4.78 is 21.2. The summed E-state index contributed by atoms with van der Waals surface area (Å²) in [6.07, 6.45) is 0. The Kier molecular flexibility index (Phi) is 4.35. The van der Waals surface area contributed by atoms with Crippen molar-refractivity contribution in [2.45, 2.75) is 33.7 Å². The SMILES string of the molecule is CC(NCCS(N)(=O)=O)C(C)(C)C. The summed E-state index contributed by atoms with van der Waals surface area (Å²) in [6.45, 7) is 8.74. The first-order valence-corrected chi connectivity index (χ1v) is 6.08. The van der Waals surface area contributed by atoms with Crippen molar-refractivity contribution >= 4 is 10.0 Å². The predicted octanol–water partition coefficient (Wildman–Crippen LogP) is 0.299. The lowest BCUT2D eigenvalue weighted by molar-refractivity contribution is 0.291. The summed E-state index contributed by atoms with van der Waals surface area (Å²) in [4.78, 5) is 0. The fourth-order valence-corrected chi connectivity index (χ4v) is 1.13. The lowest BCUT2D eigenvalue weighted by Gasteiger charge is -2.28. The van der Waals surface area contributed by atoms with Crippen LogP contribution in [0.3, 0.4) is 0 Å². The average Bonchev–Trinajstić information content (AvgIpc) is 1.82. The fourth-order valence-electron chi connectivity index (χ4n) is 0.724. The van der Waals surface area contributed by atoms with Crippen molar-refractivity contribution in [1.82, 2.24) is 5.32 Å². The van der Waals surface area contributed by atoms with Gasteiger partial charge in [0.2, 0.25) is 10.0 Å². The minimum absolute atomic E-state index is 0.00653. The Morgan fingerprint density at radius 1 is 1.38 bits per heavy atom. The Balaban J connectivity index is 3.80. The molecule has 3 N–H and O–H groups in total. The molecule has 0 bridgehead atoms. The quantitative estimate of drug-likeness (QED) is 0.698. The van der Waals surface area contributed by atoms with Gasteiger partial charge in [-0.3, -0.25) is 0 Å². The van der Waals surface area contributed by atoms with Crippen LogP contribution in [0.1, 0.15) is 27.7 Å². The van der Waals surface area contributed by atoms with Gasteiger partial charge in [-0.05, 0) is 12.3 Å². The third-order valence-corrected chi connectivity index (χ3v) is 2.91. The van der Waals surface area contributed by atoms with Crippen molar-refractivity contribution in [1.29, 1.82) is 0 Å². The van der Waals surface area contributed by atoms with Crippen molar-refractivity contribution in [2.75, 3.05) is 12.3 Å². The summed E-state index contributed by atoms with van der Waals surface area (Å²) in [5, 5.41) is 7.98. The van der Waals surface area contributed by atoms with E-state index in [1.54, 1.807) is 0 Å². The monoisotopic (exact) mass is 208 g/mol. The van der Waals surface area contributed by atoms with Crippen molar-refractivity contribution in [3.8, 4) is 0 Å². The van der Waals surface area contributed by atoms with Crippen molar-refractivity contribution in [3.63, 3.8) is 0 Å². The first-order chi connectivity index (χ1) is 5.63. The van der Waals surface area contributed by atoms with E-state index in [9.17, 15) is 8.42 Å². The molecule has 1 unspecified atom stereocenters. The van der Waals surface area contributed by atoms with Gasteiger partial charge in [-0.25, -0.2) is 13.6 Å². The van der Waals surface area contributed by atoms with Crippen LogP contribution in [0.4, 0.5) is 0 Å². The van der Waals surface area contributed by atoms with Gasteiger partial charge in [-0.1, -0.05) is 20.8 Å². The maximum atomic E-state index is 10.6. The molecule has 0 fully saturated rings. The molecule has 0 aromatic rings. The molecule has 0 spiro atoms. The zero-order chi connectivity index (χ0) is 10.7. The molecule has 0 heterocycles. The number of nitrogens with one attached hydrogen (secondary N) is 1. The molecule has 13 heavy (non-hydrogen) atoms. The van der Waals surface area contributed by atoms with E-state index in [0.717, 1.165) is 0 Å². The minimum atomic E-state index is -3.33. The highest BCUT2D eigenvalue weighted by Crippen LogP contribution is 2.17. The molecule has 0 aromatic heterocycles. The first kappa shape index (κ1) is 12.9. The second-order valence-electron chi connectivity index (χ2n) is 4.41. The van der Waals surface area contributed by atoms with E-state index in [0.29, 0.717) is 6.54 Å². The predicted molar refractivity (Wildman–Crippen MR) is 54.9 cm³/mol. The first-order valence-electron chi connectivity index (χ1n) is 4.37. The molecule has 0 aliphatic rings. The lowest BCUT2D eigenvalue weighted by Crippen LogP contribution is -2.40. The summed E-state index contributed by atoms with van der Waals surface area (Å²) >= 11 is 0. The third-order valence-electron chi connectivity index (χ3n) is 2.14. The van der Waals surface area contributed by atoms with E-state index in [1.807, 2.05) is 6.92 Å². The molecule has 0 saturated heterocycles. The van der Waals surface area contributed by atoms with Gasteiger partial charge in [0.1, 0.15) is 0 Å². The molecule has 0 saturated carbocycles. The van der Waals surface area contributed by atoms with E-state index < -0.39 is 10.0 Å². The number of hydrogen-bond donors (Lipinski definition) is 2. The second kappa shape index (κ2) is 4.39. The zero-order valence-corrected chi connectivity index (χ0v) is 9.61. The second-order valence-corrected chi connectivity index (χ2v) is 6.14. The van der Waals surface area contributed by atoms with Crippen LogP contribution in [-0.2, 0) is 10.0 Å². The van der Waals surface area contributed by atoms with Gasteiger partial charge in [0, 0.05) is 12.6 Å². The highest BCUT2D eigenvalue weighted by molar-refractivity contribution is 7.89. The van der Waals surface area contributed by atoms with Crippen LogP contribution < -0.4 is 10.5 Å². The lowest BCUT2D eigenvalue weighted by atomic mass is 9.88. The van der Waals surface area contributed by atoms with Crippen LogP contribution in [0.25, 0.3) is 0 Å². The largest absolute Gasteiger partial charge is 0.313 e. The summed E-state index contributed by atoms with van der Waals surface area (Å²) in [7, 11) is -3.33. The van der Waals surface area contributed by atoms with Crippen molar-refractivity contribution < 1.29 is 8.42 Å². The van der Waals surface area contributed by atoms with Crippen LogP contribution >= 0.6 is 0 Å². The molecule has 0 aromatic carbocycles. The number of sulfonamides is 1. The normalized spacial score (nSPS) is 15.8. The van der Waals surface area contributed by atoms with Gasteiger partial charge >= 0.3 is 0 Å². The Morgan fingerprint density at radius 2 is 1.85 bits per heavy atom. The topological polar surface area (TPSA) is 72.2 Å². The van der Waals surface area contributed by atoms with Gasteiger partial charge < -0.3 is 5.32 Å². The van der Waals surface area contributed by atoms with E-state index in [1.165, 1.54) is 0 Å². The number of primary sulfonamides is 1. The molecule has 0 rings (SSSR count). The van der Waals surface area contributed by atoms with Gasteiger partial charge in [0.05, 0.1) is 5.75 Å². The Hall–Kier alpha value is -0.130. The molecule has 0 aliphatic carbocycles. The highest BCUT2D eigenvalue weighted by Gasteiger charge is 2.19. The minimum Gasteiger partial charge on any atom is -0.313 e. The smallest absolute Gasteiger partial charge is 0.210 e. The van der Waals surface area contributed by atoms with Crippen molar-refractivity contribution in [3.05, 3.63) is 0 Å². The summed E-state index contributed by atoms with van der Waals surface area (Å²) in [6, 6.07) is 0.272. The van der Waals surface area contributed by atoms with Gasteiger partial charge in [0.25, 0.3) is 0 Å². The Bertz CT molecular complexity index is 241. The van der Waals surface area contributed by atoms with Crippen molar-refractivity contribution in [2.24, 2.45) is 10.6 Å². The molecule has 4 nitrogen and oxygen atoms in total. The van der Waals surface area contributed by atoms with Crippen LogP contribution in [-0.4, -0.2) is 26.8 Å². The van der Waals surface area contributed by atoms with E-state index in [-0.39, 0.29) is 17.2 Å². The maximum absolute atomic E-state index is 10.6. The number of rotatable bonds is 4. The van der Waals surface area contributed by atoms with Gasteiger partial charge in [0.15, 0.2) is 0 Å². The van der Waals surface area contributed by atoms with Gasteiger partial charge in [-0.2, -0.15) is 0 Å². The molecule has 5 heteroatoms. The molecule has 0 aliphatic heterocycles. The van der Waals surface area contributed by atoms with Crippen LogP contribution in [0.15, 0.2) is 0 Å². The average molecular weight is 208 g/mol. The Morgan fingerprint density at radius 3 is 2.15 bits per heavy atom. The Labute approximate surface area is 80.9 Å². The van der Waals surface area contributed by atoms with Crippen LogP contribution in [0, 0.1) is 5.41 Å². The maximum Gasteiger partial charge on any atom is 0.210 e. The molecular weight excluding hydrogens is 188 g/mol. The molecule has 1 atom stereocenters. The summed E-state index contributed by atoms with van der Waals surface area (Å²) in [5.74, 6) is -0.00653. The zero-order valence-electron chi connectivity index (χ0n) is 8.79. The fraction of sp³-hybridized carbons (Fsp3) is 1.00. The van der Waals surface area contributed by atoms with E-state index in [2.05, 4.69) is 26.1 Å². The molecule has 0 radical (unpaired) electrons. The standard InChI is InChI=1S/C8H20N2O2S/c1-7(8(2,3)4)10-5-6-13(9,11)12/h7,10H,5-6H2,1-4H3,(H2,9,11,12). The summed E-state index contributed by atoms with van der Waals surface area (Å²) in [5.41, 5.74) is 0.137.